The first kappa shape index (κ1) is 14.2. The molecule has 108 valence electrons. The van der Waals surface area contributed by atoms with Crippen LogP contribution in [0.2, 0.25) is 5.02 Å². The van der Waals surface area contributed by atoms with Gasteiger partial charge in [-0.3, -0.25) is 0 Å². The number of rotatable bonds is 2. The molecule has 0 spiro atoms. The molecule has 4 nitrogen and oxygen atoms in total. The number of hydrogen-bond donors (Lipinski definition) is 0. The van der Waals surface area contributed by atoms with E-state index in [1.807, 2.05) is 19.1 Å². The lowest BCUT2D eigenvalue weighted by Gasteiger charge is -2.10. The molecule has 0 N–H and O–H groups in total. The molecule has 0 atom stereocenters. The summed E-state index contributed by atoms with van der Waals surface area (Å²) >= 11 is 6.04. The minimum Gasteiger partial charge on any atom is -0.211 e. The monoisotopic (exact) mass is 312 g/mol. The highest BCUT2D eigenvalue weighted by Gasteiger charge is 2.18. The summed E-state index contributed by atoms with van der Waals surface area (Å²) in [5, 5.41) is 17.7. The first-order valence-corrected chi connectivity index (χ1v) is 6.86. The Morgan fingerprint density at radius 1 is 1.23 bits per heavy atom. The van der Waals surface area contributed by atoms with Crippen LogP contribution in [-0.2, 0) is 0 Å². The van der Waals surface area contributed by atoms with Gasteiger partial charge in [0.25, 0.3) is 0 Å². The zero-order valence-corrected chi connectivity index (χ0v) is 12.3. The van der Waals surface area contributed by atoms with Crippen LogP contribution in [0.4, 0.5) is 4.39 Å². The van der Waals surface area contributed by atoms with Gasteiger partial charge in [-0.15, -0.1) is 5.10 Å². The van der Waals surface area contributed by atoms with Crippen LogP contribution in [0.3, 0.4) is 0 Å². The predicted octanol–water partition coefficient (Wildman–Crippen LogP) is 3.91. The van der Waals surface area contributed by atoms with E-state index < -0.39 is 5.82 Å². The molecule has 0 fully saturated rings. The molecular formula is C16H10ClFN4. The topological polar surface area (TPSA) is 54.5 Å². The van der Waals surface area contributed by atoms with E-state index in [1.165, 1.54) is 16.8 Å². The first-order chi connectivity index (χ1) is 10.6. The van der Waals surface area contributed by atoms with Crippen molar-refractivity contribution in [2.45, 2.75) is 6.92 Å². The third kappa shape index (κ3) is 2.45. The van der Waals surface area contributed by atoms with Gasteiger partial charge >= 0.3 is 0 Å². The van der Waals surface area contributed by atoms with E-state index >= 15 is 0 Å². The zero-order chi connectivity index (χ0) is 15.7. The van der Waals surface area contributed by atoms with Crippen LogP contribution < -0.4 is 0 Å². The third-order valence-electron chi connectivity index (χ3n) is 3.27. The Bertz CT molecular complexity index is 895. The van der Waals surface area contributed by atoms with Gasteiger partial charge in [-0.25, -0.2) is 9.07 Å². The molecule has 0 saturated carbocycles. The van der Waals surface area contributed by atoms with Gasteiger partial charge in [0.1, 0.15) is 17.6 Å². The van der Waals surface area contributed by atoms with Gasteiger partial charge in [0.15, 0.2) is 5.69 Å². The molecule has 1 heterocycles. The largest absolute Gasteiger partial charge is 0.211 e. The molecule has 3 aromatic rings. The summed E-state index contributed by atoms with van der Waals surface area (Å²) in [6.07, 6.45) is 0. The summed E-state index contributed by atoms with van der Waals surface area (Å²) in [7, 11) is 0. The average molecular weight is 313 g/mol. The molecular weight excluding hydrogens is 303 g/mol. The van der Waals surface area contributed by atoms with Gasteiger partial charge in [-0.05, 0) is 36.8 Å². The Morgan fingerprint density at radius 3 is 2.77 bits per heavy atom. The van der Waals surface area contributed by atoms with E-state index in [4.69, 9.17) is 11.6 Å². The number of nitrogens with zero attached hydrogens (tertiary/aromatic N) is 4. The number of hydrogen-bond acceptors (Lipinski definition) is 3. The van der Waals surface area contributed by atoms with Crippen LogP contribution in [0.15, 0.2) is 42.5 Å². The molecule has 0 bridgehead atoms. The van der Waals surface area contributed by atoms with E-state index in [-0.39, 0.29) is 5.69 Å². The molecule has 22 heavy (non-hydrogen) atoms. The summed E-state index contributed by atoms with van der Waals surface area (Å²) in [5.41, 5.74) is 2.70. The van der Waals surface area contributed by atoms with E-state index in [0.29, 0.717) is 22.0 Å². The molecule has 0 saturated heterocycles. The molecule has 0 aliphatic rings. The van der Waals surface area contributed by atoms with Crippen molar-refractivity contribution in [1.82, 2.24) is 15.0 Å². The van der Waals surface area contributed by atoms with Crippen molar-refractivity contribution in [3.05, 3.63) is 64.6 Å². The second kappa shape index (κ2) is 5.58. The minimum atomic E-state index is -0.392. The fraction of sp³-hybridized carbons (Fsp3) is 0.0625. The second-order valence-corrected chi connectivity index (χ2v) is 5.19. The summed E-state index contributed by atoms with van der Waals surface area (Å²) < 4.78 is 15.0. The maximum atomic E-state index is 13.5. The van der Waals surface area contributed by atoms with Crippen molar-refractivity contribution in [3.8, 4) is 23.0 Å². The Kier molecular flexibility index (Phi) is 3.61. The fourth-order valence-corrected chi connectivity index (χ4v) is 2.40. The van der Waals surface area contributed by atoms with Gasteiger partial charge in [0.2, 0.25) is 0 Å². The maximum Gasteiger partial charge on any atom is 0.191 e. The number of nitriles is 1. The van der Waals surface area contributed by atoms with Gasteiger partial charge < -0.3 is 0 Å². The van der Waals surface area contributed by atoms with Crippen LogP contribution >= 0.6 is 11.6 Å². The van der Waals surface area contributed by atoms with Crippen molar-refractivity contribution in [3.63, 3.8) is 0 Å². The average Bonchev–Trinajstić information content (AvgIpc) is 2.93. The Labute approximate surface area is 131 Å². The standard InChI is InChI=1S/C16H10ClFN4/c1-10-5-6-12(17)8-15(10)22-16(14(9-19)20-21-22)11-3-2-4-13(18)7-11/h2-8H,1H3. The van der Waals surface area contributed by atoms with E-state index in [9.17, 15) is 9.65 Å². The van der Waals surface area contributed by atoms with Gasteiger partial charge in [-0.1, -0.05) is 35.0 Å². The Morgan fingerprint density at radius 2 is 2.05 bits per heavy atom. The van der Waals surface area contributed by atoms with Crippen molar-refractivity contribution >= 4 is 11.6 Å². The van der Waals surface area contributed by atoms with Crippen LogP contribution in [-0.4, -0.2) is 15.0 Å². The van der Waals surface area contributed by atoms with Crippen LogP contribution in [0.1, 0.15) is 11.3 Å². The van der Waals surface area contributed by atoms with Gasteiger partial charge in [-0.2, -0.15) is 5.26 Å². The highest BCUT2D eigenvalue weighted by Crippen LogP contribution is 2.28. The number of benzene rings is 2. The Hall–Kier alpha value is -2.71. The van der Waals surface area contributed by atoms with Crippen LogP contribution in [0.5, 0.6) is 0 Å². The van der Waals surface area contributed by atoms with Crippen molar-refractivity contribution in [2.75, 3.05) is 0 Å². The lowest BCUT2D eigenvalue weighted by molar-refractivity contribution is 0.628. The highest BCUT2D eigenvalue weighted by atomic mass is 35.5. The Balaban J connectivity index is 2.29. The molecule has 0 radical (unpaired) electrons. The lowest BCUT2D eigenvalue weighted by atomic mass is 10.1. The van der Waals surface area contributed by atoms with Crippen molar-refractivity contribution in [1.29, 1.82) is 5.26 Å². The van der Waals surface area contributed by atoms with E-state index in [2.05, 4.69) is 10.3 Å². The fourth-order valence-electron chi connectivity index (χ4n) is 2.23. The molecule has 0 unspecified atom stereocenters. The van der Waals surface area contributed by atoms with E-state index in [1.54, 1.807) is 24.3 Å². The molecule has 3 rings (SSSR count). The predicted molar refractivity (Wildman–Crippen MR) is 81.2 cm³/mol. The van der Waals surface area contributed by atoms with Gasteiger partial charge in [0.05, 0.1) is 5.69 Å². The normalized spacial score (nSPS) is 10.5. The number of aromatic nitrogens is 3. The van der Waals surface area contributed by atoms with Crippen LogP contribution in [0.25, 0.3) is 16.9 Å². The molecule has 0 aliphatic heterocycles. The smallest absolute Gasteiger partial charge is 0.191 e. The van der Waals surface area contributed by atoms with Crippen molar-refractivity contribution in [2.24, 2.45) is 0 Å². The summed E-state index contributed by atoms with van der Waals surface area (Å²) in [4.78, 5) is 0. The number of halogens is 2. The quantitative estimate of drug-likeness (QED) is 0.721. The summed E-state index contributed by atoms with van der Waals surface area (Å²) in [6, 6.07) is 13.3. The highest BCUT2D eigenvalue weighted by molar-refractivity contribution is 6.30. The van der Waals surface area contributed by atoms with Crippen molar-refractivity contribution < 1.29 is 4.39 Å². The maximum absolute atomic E-state index is 13.5. The molecule has 0 aliphatic carbocycles. The molecule has 0 amide bonds. The first-order valence-electron chi connectivity index (χ1n) is 6.48. The SMILES string of the molecule is Cc1ccc(Cl)cc1-n1nnc(C#N)c1-c1cccc(F)c1. The summed E-state index contributed by atoms with van der Waals surface area (Å²) in [5.74, 6) is -0.392. The molecule has 2 aromatic carbocycles. The number of aryl methyl sites for hydroxylation is 1. The third-order valence-corrected chi connectivity index (χ3v) is 3.51. The zero-order valence-electron chi connectivity index (χ0n) is 11.6. The second-order valence-electron chi connectivity index (χ2n) is 4.75. The van der Waals surface area contributed by atoms with E-state index in [0.717, 1.165) is 5.56 Å². The minimum absolute atomic E-state index is 0.130. The molecule has 1 aromatic heterocycles. The summed E-state index contributed by atoms with van der Waals surface area (Å²) in [6.45, 7) is 1.90. The lowest BCUT2D eigenvalue weighted by Crippen LogP contribution is -2.02. The van der Waals surface area contributed by atoms with Crippen LogP contribution in [0, 0.1) is 24.1 Å². The van der Waals surface area contributed by atoms with Gasteiger partial charge in [0, 0.05) is 10.6 Å². The molecule has 6 heteroatoms.